The van der Waals surface area contributed by atoms with Crippen molar-refractivity contribution < 1.29 is 9.59 Å². The molecule has 0 unspecified atom stereocenters. The van der Waals surface area contributed by atoms with E-state index >= 15 is 0 Å². The summed E-state index contributed by atoms with van der Waals surface area (Å²) in [5.41, 5.74) is 3.46. The third kappa shape index (κ3) is 5.09. The van der Waals surface area contributed by atoms with Gasteiger partial charge < -0.3 is 15.5 Å². The minimum Gasteiger partial charge on any atom is -0.376 e. The normalized spacial score (nSPS) is 10.5. The highest BCUT2D eigenvalue weighted by Crippen LogP contribution is 2.21. The zero-order valence-corrected chi connectivity index (χ0v) is 15.9. The number of carbonyl (C=O) groups is 2. The van der Waals surface area contributed by atoms with Crippen LogP contribution in [0.4, 0.5) is 17.1 Å². The Morgan fingerprint density at radius 3 is 2.38 bits per heavy atom. The van der Waals surface area contributed by atoms with Crippen LogP contribution in [0.3, 0.4) is 0 Å². The highest BCUT2D eigenvalue weighted by molar-refractivity contribution is 5.97. The average Bonchev–Trinajstić information content (AvgIpc) is 2.62. The second-order valence-corrected chi connectivity index (χ2v) is 6.48. The number of carbonyl (C=O) groups excluding carboxylic acids is 2. The molecule has 138 valence electrons. The fraction of sp³-hybridized carbons (Fsp3) is 0.333. The zero-order chi connectivity index (χ0) is 19.1. The molecule has 0 aliphatic carbocycles. The Morgan fingerprint density at radius 1 is 1.08 bits per heavy atom. The van der Waals surface area contributed by atoms with Gasteiger partial charge in [0.05, 0.1) is 6.54 Å². The van der Waals surface area contributed by atoms with Crippen molar-refractivity contribution in [2.24, 2.45) is 0 Å². The Morgan fingerprint density at radius 2 is 1.77 bits per heavy atom. The molecule has 0 aromatic heterocycles. The van der Waals surface area contributed by atoms with Crippen LogP contribution < -0.4 is 15.5 Å². The first-order chi connectivity index (χ1) is 12.4. The van der Waals surface area contributed by atoms with Crippen molar-refractivity contribution in [2.45, 2.75) is 40.2 Å². The van der Waals surface area contributed by atoms with Crippen LogP contribution in [0.2, 0.25) is 0 Å². The minimum atomic E-state index is -0.0362. The third-order valence-electron chi connectivity index (χ3n) is 4.09. The monoisotopic (exact) mass is 353 g/mol. The van der Waals surface area contributed by atoms with Gasteiger partial charge in [0.2, 0.25) is 11.8 Å². The van der Waals surface area contributed by atoms with Crippen LogP contribution in [-0.2, 0) is 9.59 Å². The molecule has 0 aliphatic heterocycles. The SMILES string of the molecule is CCC(=O)Nc1ccc(C)c(NCC(=O)N(c2ccccc2)C(C)C)c1. The molecule has 0 saturated heterocycles. The van der Waals surface area contributed by atoms with Crippen LogP contribution >= 0.6 is 0 Å². The van der Waals surface area contributed by atoms with Crippen molar-refractivity contribution >= 4 is 28.9 Å². The van der Waals surface area contributed by atoms with E-state index in [4.69, 9.17) is 0 Å². The predicted molar refractivity (Wildman–Crippen MR) is 108 cm³/mol. The lowest BCUT2D eigenvalue weighted by Gasteiger charge is -2.27. The molecular formula is C21H27N3O2. The van der Waals surface area contributed by atoms with E-state index in [1.165, 1.54) is 0 Å². The number of nitrogens with zero attached hydrogens (tertiary/aromatic N) is 1. The third-order valence-corrected chi connectivity index (χ3v) is 4.09. The Bertz CT molecular complexity index is 757. The number of aryl methyl sites for hydroxylation is 1. The Kier molecular flexibility index (Phi) is 6.78. The largest absolute Gasteiger partial charge is 0.376 e. The van der Waals surface area contributed by atoms with Crippen LogP contribution in [0.1, 0.15) is 32.8 Å². The van der Waals surface area contributed by atoms with Gasteiger partial charge in [-0.2, -0.15) is 0 Å². The highest BCUT2D eigenvalue weighted by atomic mass is 16.2. The van der Waals surface area contributed by atoms with Crippen molar-refractivity contribution in [1.29, 1.82) is 0 Å². The predicted octanol–water partition coefficient (Wildman–Crippen LogP) is 4.20. The summed E-state index contributed by atoms with van der Waals surface area (Å²) in [4.78, 5) is 26.1. The fourth-order valence-corrected chi connectivity index (χ4v) is 2.71. The van der Waals surface area contributed by atoms with Gasteiger partial charge in [0.15, 0.2) is 0 Å². The first kappa shape index (κ1) is 19.5. The molecule has 0 aliphatic rings. The van der Waals surface area contributed by atoms with Crippen molar-refractivity contribution in [3.63, 3.8) is 0 Å². The second-order valence-electron chi connectivity index (χ2n) is 6.48. The van der Waals surface area contributed by atoms with Crippen molar-refractivity contribution in [1.82, 2.24) is 0 Å². The first-order valence-corrected chi connectivity index (χ1v) is 8.93. The summed E-state index contributed by atoms with van der Waals surface area (Å²) in [5.74, 6) is -0.0421. The molecular weight excluding hydrogens is 326 g/mol. The molecule has 0 atom stereocenters. The lowest BCUT2D eigenvalue weighted by atomic mass is 10.1. The van der Waals surface area contributed by atoms with Gasteiger partial charge in [0.1, 0.15) is 0 Å². The minimum absolute atomic E-state index is 0.00593. The maximum atomic E-state index is 12.8. The zero-order valence-electron chi connectivity index (χ0n) is 15.9. The molecule has 26 heavy (non-hydrogen) atoms. The van der Waals surface area contributed by atoms with Crippen molar-refractivity contribution in [2.75, 3.05) is 22.1 Å². The molecule has 0 bridgehead atoms. The molecule has 5 nitrogen and oxygen atoms in total. The van der Waals surface area contributed by atoms with Crippen LogP contribution in [0.5, 0.6) is 0 Å². The standard InChI is InChI=1S/C21H27N3O2/c1-5-20(25)23-17-12-11-16(4)19(13-17)22-14-21(26)24(15(2)3)18-9-7-6-8-10-18/h6-13,15,22H,5,14H2,1-4H3,(H,23,25). The molecule has 0 saturated carbocycles. The van der Waals surface area contributed by atoms with Gasteiger partial charge in [-0.3, -0.25) is 9.59 Å². The van der Waals surface area contributed by atoms with Gasteiger partial charge >= 0.3 is 0 Å². The number of hydrogen-bond acceptors (Lipinski definition) is 3. The summed E-state index contributed by atoms with van der Waals surface area (Å²) in [6, 6.07) is 15.4. The van der Waals surface area contributed by atoms with E-state index in [-0.39, 0.29) is 24.4 Å². The molecule has 0 fully saturated rings. The topological polar surface area (TPSA) is 61.4 Å². The second kappa shape index (κ2) is 9.04. The van der Waals surface area contributed by atoms with Gasteiger partial charge in [-0.05, 0) is 50.6 Å². The summed E-state index contributed by atoms with van der Waals surface area (Å²) in [5, 5.41) is 6.05. The summed E-state index contributed by atoms with van der Waals surface area (Å²) in [7, 11) is 0. The highest BCUT2D eigenvalue weighted by Gasteiger charge is 2.18. The number of rotatable bonds is 7. The first-order valence-electron chi connectivity index (χ1n) is 8.93. The van der Waals surface area contributed by atoms with Crippen LogP contribution in [0.15, 0.2) is 48.5 Å². The number of para-hydroxylation sites is 1. The van der Waals surface area contributed by atoms with Crippen molar-refractivity contribution in [3.8, 4) is 0 Å². The van der Waals surface area contributed by atoms with Gasteiger partial charge in [-0.15, -0.1) is 0 Å². The number of amides is 2. The lowest BCUT2D eigenvalue weighted by molar-refractivity contribution is -0.117. The average molecular weight is 353 g/mol. The molecule has 0 heterocycles. The Hall–Kier alpha value is -2.82. The molecule has 5 heteroatoms. The van der Waals surface area contributed by atoms with Crippen molar-refractivity contribution in [3.05, 3.63) is 54.1 Å². The summed E-state index contributed by atoms with van der Waals surface area (Å²) >= 11 is 0. The Labute approximate surface area is 155 Å². The van der Waals surface area contributed by atoms with Gasteiger partial charge in [-0.1, -0.05) is 31.2 Å². The number of benzene rings is 2. The molecule has 2 amide bonds. The van der Waals surface area contributed by atoms with Crippen LogP contribution in [0.25, 0.3) is 0 Å². The van der Waals surface area contributed by atoms with Gasteiger partial charge in [0.25, 0.3) is 0 Å². The van der Waals surface area contributed by atoms with Gasteiger partial charge in [-0.25, -0.2) is 0 Å². The quantitative estimate of drug-likeness (QED) is 0.784. The summed E-state index contributed by atoms with van der Waals surface area (Å²) < 4.78 is 0. The Balaban J connectivity index is 2.10. The van der Waals surface area contributed by atoms with E-state index in [2.05, 4.69) is 10.6 Å². The molecule has 2 N–H and O–H groups in total. The molecule has 2 aromatic carbocycles. The maximum absolute atomic E-state index is 12.8. The smallest absolute Gasteiger partial charge is 0.246 e. The van der Waals surface area contributed by atoms with Gasteiger partial charge in [0, 0.05) is 29.5 Å². The maximum Gasteiger partial charge on any atom is 0.246 e. The molecule has 2 rings (SSSR count). The van der Waals surface area contributed by atoms with E-state index in [0.717, 1.165) is 22.6 Å². The number of hydrogen-bond donors (Lipinski definition) is 2. The lowest BCUT2D eigenvalue weighted by Crippen LogP contribution is -2.40. The van der Waals surface area contributed by atoms with E-state index in [0.29, 0.717) is 6.42 Å². The number of nitrogens with one attached hydrogen (secondary N) is 2. The van der Waals surface area contributed by atoms with Crippen LogP contribution in [-0.4, -0.2) is 24.4 Å². The molecule has 0 spiro atoms. The van der Waals surface area contributed by atoms with E-state index in [9.17, 15) is 9.59 Å². The molecule has 2 aromatic rings. The van der Waals surface area contributed by atoms with E-state index < -0.39 is 0 Å². The summed E-state index contributed by atoms with van der Waals surface area (Å²) in [6.45, 7) is 7.95. The molecule has 0 radical (unpaired) electrons. The number of anilines is 3. The van der Waals surface area contributed by atoms with E-state index in [1.807, 2.05) is 76.2 Å². The van der Waals surface area contributed by atoms with Crippen LogP contribution in [0, 0.1) is 6.92 Å². The van der Waals surface area contributed by atoms with E-state index in [1.54, 1.807) is 4.90 Å². The summed E-state index contributed by atoms with van der Waals surface area (Å²) in [6.07, 6.45) is 0.426. The fourth-order valence-electron chi connectivity index (χ4n) is 2.71.